The first kappa shape index (κ1) is 15.8. The van der Waals surface area contributed by atoms with Crippen LogP contribution in [-0.2, 0) is 0 Å². The Labute approximate surface area is 137 Å². The van der Waals surface area contributed by atoms with Crippen LogP contribution in [0.1, 0.15) is 24.2 Å². The van der Waals surface area contributed by atoms with Crippen molar-refractivity contribution in [3.05, 3.63) is 35.2 Å². The van der Waals surface area contributed by atoms with E-state index in [0.717, 1.165) is 24.5 Å². The summed E-state index contributed by atoms with van der Waals surface area (Å²) in [5.41, 5.74) is 5.86. The lowest BCUT2D eigenvalue weighted by Gasteiger charge is -2.10. The smallest absolute Gasteiger partial charge is 0.251 e. The average Bonchev–Trinajstić information content (AvgIpc) is 2.57. The fourth-order valence-electron chi connectivity index (χ4n) is 2.71. The molecule has 0 unspecified atom stereocenters. The van der Waals surface area contributed by atoms with E-state index in [1.165, 1.54) is 0 Å². The minimum atomic E-state index is -0.767. The summed E-state index contributed by atoms with van der Waals surface area (Å²) >= 11 is 0. The van der Waals surface area contributed by atoms with Crippen molar-refractivity contribution in [3.8, 4) is 23.0 Å². The predicted molar refractivity (Wildman–Crippen MR) is 88.8 cm³/mol. The summed E-state index contributed by atoms with van der Waals surface area (Å²) in [5.74, 6) is -1.29. The highest BCUT2D eigenvalue weighted by Gasteiger charge is 2.21. The van der Waals surface area contributed by atoms with Gasteiger partial charge in [0.05, 0.1) is 11.6 Å². The van der Waals surface area contributed by atoms with Crippen LogP contribution >= 0.6 is 0 Å². The molecule has 0 aromatic heterocycles. The molecule has 3 rings (SSSR count). The number of aromatic hydroxyl groups is 2. The normalized spacial score (nSPS) is 11.1. The number of nitrogens with two attached hydrogens (primary N) is 1. The molecule has 0 saturated heterocycles. The first-order valence-corrected chi connectivity index (χ1v) is 7.63. The molecule has 1 aliphatic heterocycles. The van der Waals surface area contributed by atoms with Gasteiger partial charge in [-0.1, -0.05) is 0 Å². The number of amides is 1. The molecule has 124 valence electrons. The lowest BCUT2D eigenvalue weighted by Crippen LogP contribution is -2.29. The molecule has 1 aromatic rings. The van der Waals surface area contributed by atoms with Crippen molar-refractivity contribution >= 4 is 17.0 Å². The number of primary amides is 1. The van der Waals surface area contributed by atoms with E-state index in [9.17, 15) is 15.0 Å². The summed E-state index contributed by atoms with van der Waals surface area (Å²) in [4.78, 5) is 15.9. The Morgan fingerprint density at radius 1 is 1.25 bits per heavy atom. The van der Waals surface area contributed by atoms with Crippen molar-refractivity contribution < 1.29 is 19.4 Å². The van der Waals surface area contributed by atoms with Crippen LogP contribution in [0.3, 0.4) is 0 Å². The molecule has 1 heterocycles. The monoisotopic (exact) mass is 328 g/mol. The van der Waals surface area contributed by atoms with E-state index in [1.54, 1.807) is 6.07 Å². The van der Waals surface area contributed by atoms with Gasteiger partial charge in [-0.2, -0.15) is 0 Å². The van der Waals surface area contributed by atoms with Gasteiger partial charge in [0.25, 0.3) is 5.91 Å². The molecular formula is C17H18N3O4+. The molecule has 24 heavy (non-hydrogen) atoms. The Kier molecular flexibility index (Phi) is 3.84. The van der Waals surface area contributed by atoms with E-state index in [0.29, 0.717) is 11.5 Å². The molecule has 0 fully saturated rings. The maximum absolute atomic E-state index is 11.6. The molecular weight excluding hydrogens is 310 g/mol. The fourth-order valence-corrected chi connectivity index (χ4v) is 2.71. The Hall–Kier alpha value is -3.09. The first-order chi connectivity index (χ1) is 11.5. The summed E-state index contributed by atoms with van der Waals surface area (Å²) in [7, 11) is 0. The molecule has 2 aliphatic rings. The topological polar surface area (TPSA) is 113 Å². The number of carbonyl (C=O) groups excluding carboxylic acids is 1. The van der Waals surface area contributed by atoms with E-state index >= 15 is 0 Å². The van der Waals surface area contributed by atoms with Crippen LogP contribution in [0, 0.1) is 0 Å². The number of benzene rings is 2. The van der Waals surface area contributed by atoms with Crippen molar-refractivity contribution in [2.45, 2.75) is 13.8 Å². The molecule has 7 heteroatoms. The number of fused-ring (bicyclic) bond motifs is 2. The lowest BCUT2D eigenvalue weighted by molar-refractivity contribution is 0.100. The van der Waals surface area contributed by atoms with Crippen molar-refractivity contribution in [1.29, 1.82) is 0 Å². The quantitative estimate of drug-likeness (QED) is 0.380. The van der Waals surface area contributed by atoms with Gasteiger partial charge < -0.3 is 20.4 Å². The maximum Gasteiger partial charge on any atom is 0.251 e. The summed E-state index contributed by atoms with van der Waals surface area (Å²) in [6.45, 7) is 5.76. The van der Waals surface area contributed by atoms with Crippen molar-refractivity contribution in [2.24, 2.45) is 5.73 Å². The maximum atomic E-state index is 11.6. The first-order valence-electron chi connectivity index (χ1n) is 7.63. The van der Waals surface area contributed by atoms with E-state index in [2.05, 4.69) is 9.56 Å². The summed E-state index contributed by atoms with van der Waals surface area (Å²) < 4.78 is 7.86. The van der Waals surface area contributed by atoms with Gasteiger partial charge >= 0.3 is 0 Å². The number of aromatic nitrogens is 1. The summed E-state index contributed by atoms with van der Waals surface area (Å²) in [5, 5.41) is 20.8. The number of phenols is 2. The van der Waals surface area contributed by atoms with Crippen molar-refractivity contribution in [3.63, 3.8) is 0 Å². The van der Waals surface area contributed by atoms with Gasteiger partial charge in [0, 0.05) is 6.07 Å². The summed E-state index contributed by atoms with van der Waals surface area (Å²) in [6.07, 6.45) is 0. The zero-order chi connectivity index (χ0) is 17.4. The molecule has 0 bridgehead atoms. The van der Waals surface area contributed by atoms with Gasteiger partial charge in [-0.25, -0.2) is 9.56 Å². The molecule has 1 amide bonds. The fraction of sp³-hybridized carbons (Fsp3) is 0.235. The molecule has 4 N–H and O–H groups in total. The number of hydrogen-bond acceptors (Lipinski definition) is 5. The van der Waals surface area contributed by atoms with E-state index in [-0.39, 0.29) is 16.7 Å². The highest BCUT2D eigenvalue weighted by atomic mass is 16.4. The third-order valence-corrected chi connectivity index (χ3v) is 3.99. The second-order valence-corrected chi connectivity index (χ2v) is 5.37. The van der Waals surface area contributed by atoms with Crippen LogP contribution < -0.4 is 15.7 Å². The van der Waals surface area contributed by atoms with Crippen molar-refractivity contribution in [2.75, 3.05) is 13.1 Å². The standard InChI is InChI=1S/C17H17N3O4/c1-3-20(4-2)9-5-6-11-13(7-9)24-16-14(19-11)10(17(18)23)8-12(21)15(16)22/h5-8H,3-4H2,1-2H3,(H3,18,19,22,23)/p+1. The van der Waals surface area contributed by atoms with Gasteiger partial charge in [-0.15, -0.1) is 0 Å². The van der Waals surface area contributed by atoms with E-state index in [1.807, 2.05) is 26.0 Å². The van der Waals surface area contributed by atoms with Crippen molar-refractivity contribution in [1.82, 2.24) is 9.56 Å². The number of nitrogens with zero attached hydrogens (tertiary/aromatic N) is 2. The number of hydrogen-bond donors (Lipinski definition) is 3. The molecule has 7 nitrogen and oxygen atoms in total. The summed E-state index contributed by atoms with van der Waals surface area (Å²) in [6, 6.07) is 6.58. The van der Waals surface area contributed by atoms with Crippen LogP contribution in [0.4, 0.5) is 0 Å². The highest BCUT2D eigenvalue weighted by molar-refractivity contribution is 6.06. The van der Waals surface area contributed by atoms with Crippen LogP contribution in [0.25, 0.3) is 22.6 Å². The molecule has 0 spiro atoms. The Balaban J connectivity index is 2.43. The molecule has 0 radical (unpaired) electrons. The Morgan fingerprint density at radius 3 is 2.58 bits per heavy atom. The lowest BCUT2D eigenvalue weighted by atomic mass is 10.1. The van der Waals surface area contributed by atoms with Gasteiger partial charge in [-0.3, -0.25) is 4.79 Å². The van der Waals surface area contributed by atoms with Gasteiger partial charge in [0.2, 0.25) is 11.1 Å². The second-order valence-electron chi connectivity index (χ2n) is 5.37. The molecule has 1 aliphatic carbocycles. The van der Waals surface area contributed by atoms with Gasteiger partial charge in [0.1, 0.15) is 24.3 Å². The van der Waals surface area contributed by atoms with E-state index < -0.39 is 17.4 Å². The Morgan fingerprint density at radius 2 is 1.96 bits per heavy atom. The zero-order valence-electron chi connectivity index (χ0n) is 13.4. The minimum Gasteiger partial charge on any atom is -0.504 e. The van der Waals surface area contributed by atoms with Crippen LogP contribution in [-0.4, -0.2) is 34.2 Å². The highest BCUT2D eigenvalue weighted by Crippen LogP contribution is 2.37. The molecule has 1 aromatic carbocycles. The van der Waals surface area contributed by atoms with Crippen LogP contribution in [0.15, 0.2) is 28.7 Å². The van der Waals surface area contributed by atoms with Crippen LogP contribution in [0.5, 0.6) is 11.5 Å². The van der Waals surface area contributed by atoms with Gasteiger partial charge in [0.15, 0.2) is 17.1 Å². The number of phenolic OH excluding ortho intramolecular Hbond substituents is 2. The second kappa shape index (κ2) is 5.84. The SMILES string of the molecule is CC[N+](CC)=c1ccc2nc3c(C(N)=O)cc(O)c(O)c3oc-2c1. The molecule has 0 saturated carbocycles. The average molecular weight is 328 g/mol. The largest absolute Gasteiger partial charge is 0.504 e. The van der Waals surface area contributed by atoms with Gasteiger partial charge in [-0.05, 0) is 26.0 Å². The Bertz CT molecular complexity index is 985. The zero-order valence-corrected chi connectivity index (χ0v) is 13.4. The van der Waals surface area contributed by atoms with Crippen LogP contribution in [0.2, 0.25) is 0 Å². The van der Waals surface area contributed by atoms with E-state index in [4.69, 9.17) is 10.2 Å². The predicted octanol–water partition coefficient (Wildman–Crippen LogP) is 1.25. The number of rotatable bonds is 3. The minimum absolute atomic E-state index is 0.0150. The number of carbonyl (C=O) groups is 1. The third-order valence-electron chi connectivity index (χ3n) is 3.99. The third kappa shape index (κ3) is 2.44. The molecule has 0 atom stereocenters.